The summed E-state index contributed by atoms with van der Waals surface area (Å²) < 4.78 is 32.7. The van der Waals surface area contributed by atoms with Crippen molar-refractivity contribution in [2.24, 2.45) is 5.73 Å². The molecule has 0 fully saturated rings. The van der Waals surface area contributed by atoms with Crippen LogP contribution in [0.5, 0.6) is 0 Å². The molecule has 4 N–H and O–H groups in total. The van der Waals surface area contributed by atoms with Gasteiger partial charge < -0.3 is 25.2 Å². The number of carbonyl (C=O) groups is 3. The smallest absolute Gasteiger partial charge is 0.472 e. The number of carbonyl (C=O) groups excluding carboxylic acids is 2. The summed E-state index contributed by atoms with van der Waals surface area (Å²) in [6.45, 7) is 2.82. The molecule has 12 heteroatoms. The number of phosphoric acid groups is 1. The average molecular weight is 792 g/mol. The van der Waals surface area contributed by atoms with Gasteiger partial charge in [-0.1, -0.05) is 194 Å². The van der Waals surface area contributed by atoms with Gasteiger partial charge in [-0.3, -0.25) is 23.4 Å². The zero-order valence-electron chi connectivity index (χ0n) is 34.6. The van der Waals surface area contributed by atoms with E-state index in [0.29, 0.717) is 12.8 Å². The van der Waals surface area contributed by atoms with Gasteiger partial charge in [0, 0.05) is 12.8 Å². The van der Waals surface area contributed by atoms with Crippen molar-refractivity contribution in [1.29, 1.82) is 0 Å². The second-order valence-corrected chi connectivity index (χ2v) is 16.7. The number of ether oxygens (including phenoxy) is 2. The van der Waals surface area contributed by atoms with Crippen molar-refractivity contribution < 1.29 is 47.5 Å². The highest BCUT2D eigenvalue weighted by Gasteiger charge is 2.28. The van der Waals surface area contributed by atoms with Gasteiger partial charge in [-0.25, -0.2) is 4.57 Å². The lowest BCUT2D eigenvalue weighted by atomic mass is 10.0. The predicted octanol–water partition coefficient (Wildman–Crippen LogP) is 11.5. The Kier molecular flexibility index (Phi) is 37.3. The first-order valence-corrected chi connectivity index (χ1v) is 23.6. The molecular formula is C42H82NO10P. The Morgan fingerprint density at radius 3 is 1.17 bits per heavy atom. The van der Waals surface area contributed by atoms with Gasteiger partial charge >= 0.3 is 25.7 Å². The highest BCUT2D eigenvalue weighted by Crippen LogP contribution is 2.43. The fourth-order valence-corrected chi connectivity index (χ4v) is 7.14. The monoisotopic (exact) mass is 792 g/mol. The van der Waals surface area contributed by atoms with Crippen LogP contribution < -0.4 is 5.73 Å². The van der Waals surface area contributed by atoms with Crippen LogP contribution in [0.2, 0.25) is 0 Å². The van der Waals surface area contributed by atoms with E-state index in [1.165, 1.54) is 141 Å². The van der Waals surface area contributed by atoms with Crippen LogP contribution in [0.15, 0.2) is 0 Å². The standard InChI is InChI=1S/C42H82NO10P/c1-3-5-7-9-11-13-15-16-17-18-19-20-21-22-24-25-27-29-31-33-40(44)50-35-38(36-51-54(48,49)52-37-39(43)42(46)47)53-41(45)34-32-30-28-26-23-14-12-10-8-6-4-2/h38-39H,3-37,43H2,1-2H3,(H,46,47)(H,48,49)/t38-,39+/m1/s1. The molecule has 0 aromatic carbocycles. The molecule has 320 valence electrons. The minimum Gasteiger partial charge on any atom is -0.480 e. The Morgan fingerprint density at radius 1 is 0.500 bits per heavy atom. The number of carboxylic acid groups (broad SMARTS) is 1. The molecular weight excluding hydrogens is 709 g/mol. The molecule has 0 radical (unpaired) electrons. The number of carboxylic acids is 1. The van der Waals surface area contributed by atoms with Crippen molar-refractivity contribution >= 4 is 25.7 Å². The van der Waals surface area contributed by atoms with E-state index < -0.39 is 51.1 Å². The van der Waals surface area contributed by atoms with Crippen LogP contribution in [-0.4, -0.2) is 59.9 Å². The first-order chi connectivity index (χ1) is 26.1. The van der Waals surface area contributed by atoms with E-state index in [2.05, 4.69) is 18.4 Å². The molecule has 0 saturated carbocycles. The van der Waals surface area contributed by atoms with Crippen LogP contribution in [-0.2, 0) is 37.5 Å². The number of unbranched alkanes of at least 4 members (excludes halogenated alkanes) is 28. The molecule has 0 bridgehead atoms. The minimum atomic E-state index is -4.70. The van der Waals surface area contributed by atoms with Gasteiger partial charge in [-0.05, 0) is 12.8 Å². The summed E-state index contributed by atoms with van der Waals surface area (Å²) in [6.07, 6.45) is 36.0. The lowest BCUT2D eigenvalue weighted by Gasteiger charge is -2.20. The molecule has 0 aromatic rings. The summed E-state index contributed by atoms with van der Waals surface area (Å²) in [5.74, 6) is -2.36. The number of aliphatic carboxylic acids is 1. The normalized spacial score (nSPS) is 13.7. The Morgan fingerprint density at radius 2 is 0.815 bits per heavy atom. The molecule has 0 aliphatic rings. The van der Waals surface area contributed by atoms with E-state index >= 15 is 0 Å². The topological polar surface area (TPSA) is 172 Å². The summed E-state index contributed by atoms with van der Waals surface area (Å²) in [5, 5.41) is 8.88. The van der Waals surface area contributed by atoms with Gasteiger partial charge in [0.25, 0.3) is 0 Å². The van der Waals surface area contributed by atoms with Crippen molar-refractivity contribution in [3.63, 3.8) is 0 Å². The molecule has 54 heavy (non-hydrogen) atoms. The molecule has 1 unspecified atom stereocenters. The third-order valence-corrected chi connectivity index (χ3v) is 10.8. The van der Waals surface area contributed by atoms with Crippen molar-refractivity contribution in [3.8, 4) is 0 Å². The van der Waals surface area contributed by atoms with E-state index in [0.717, 1.165) is 38.5 Å². The quantitative estimate of drug-likeness (QED) is 0.0305. The Bertz CT molecular complexity index is 937. The second-order valence-electron chi connectivity index (χ2n) is 15.2. The Hall–Kier alpha value is -1.52. The molecule has 0 heterocycles. The summed E-state index contributed by atoms with van der Waals surface area (Å²) >= 11 is 0. The molecule has 0 aliphatic carbocycles. The first-order valence-electron chi connectivity index (χ1n) is 22.1. The molecule has 0 rings (SSSR count). The summed E-state index contributed by atoms with van der Waals surface area (Å²) in [7, 11) is -4.70. The van der Waals surface area contributed by atoms with E-state index in [-0.39, 0.29) is 19.4 Å². The van der Waals surface area contributed by atoms with Crippen LogP contribution in [0.4, 0.5) is 0 Å². The van der Waals surface area contributed by atoms with Crippen molar-refractivity contribution in [2.75, 3.05) is 19.8 Å². The Balaban J connectivity index is 4.23. The van der Waals surface area contributed by atoms with Gasteiger partial charge in [-0.15, -0.1) is 0 Å². The lowest BCUT2D eigenvalue weighted by Crippen LogP contribution is -2.34. The summed E-state index contributed by atoms with van der Waals surface area (Å²) in [4.78, 5) is 45.9. The number of hydrogen-bond acceptors (Lipinski definition) is 9. The zero-order chi connectivity index (χ0) is 40.0. The summed E-state index contributed by atoms with van der Waals surface area (Å²) in [5.41, 5.74) is 5.33. The zero-order valence-corrected chi connectivity index (χ0v) is 35.5. The Labute approximate surface area is 329 Å². The third kappa shape index (κ3) is 37.4. The number of rotatable bonds is 42. The minimum absolute atomic E-state index is 0.168. The third-order valence-electron chi connectivity index (χ3n) is 9.86. The maximum atomic E-state index is 12.6. The highest BCUT2D eigenvalue weighted by atomic mass is 31.2. The van der Waals surface area contributed by atoms with E-state index in [9.17, 15) is 23.8 Å². The van der Waals surface area contributed by atoms with Crippen LogP contribution in [0.25, 0.3) is 0 Å². The SMILES string of the molecule is CCCCCCCCCCCCCCCCCCCCCC(=O)OC[C@H](COP(=O)(O)OC[C@H](N)C(=O)O)OC(=O)CCCCCCCCCCCCC. The largest absolute Gasteiger partial charge is 0.480 e. The molecule has 0 aromatic heterocycles. The first kappa shape index (κ1) is 52.5. The number of hydrogen-bond donors (Lipinski definition) is 3. The number of phosphoric ester groups is 1. The second kappa shape index (κ2) is 38.4. The van der Waals surface area contributed by atoms with Crippen LogP contribution >= 0.6 is 7.82 Å². The van der Waals surface area contributed by atoms with Gasteiger partial charge in [0.1, 0.15) is 12.6 Å². The van der Waals surface area contributed by atoms with Gasteiger partial charge in [0.05, 0.1) is 13.2 Å². The maximum absolute atomic E-state index is 12.6. The number of nitrogens with two attached hydrogens (primary N) is 1. The van der Waals surface area contributed by atoms with E-state index in [1.807, 2.05) is 0 Å². The van der Waals surface area contributed by atoms with Gasteiger partial charge in [0.2, 0.25) is 0 Å². The fourth-order valence-electron chi connectivity index (χ4n) is 6.36. The summed E-state index contributed by atoms with van der Waals surface area (Å²) in [6, 6.07) is -1.52. The number of esters is 2. The molecule has 0 aliphatic heterocycles. The average Bonchev–Trinajstić information content (AvgIpc) is 3.14. The fraction of sp³-hybridized carbons (Fsp3) is 0.929. The molecule has 3 atom stereocenters. The van der Waals surface area contributed by atoms with Gasteiger partial charge in [0.15, 0.2) is 6.10 Å². The molecule has 0 spiro atoms. The van der Waals surface area contributed by atoms with E-state index in [4.69, 9.17) is 24.8 Å². The molecule has 0 saturated heterocycles. The van der Waals surface area contributed by atoms with Crippen LogP contribution in [0.1, 0.15) is 219 Å². The van der Waals surface area contributed by atoms with Crippen molar-refractivity contribution in [3.05, 3.63) is 0 Å². The predicted molar refractivity (Wildman–Crippen MR) is 217 cm³/mol. The highest BCUT2D eigenvalue weighted by molar-refractivity contribution is 7.47. The lowest BCUT2D eigenvalue weighted by molar-refractivity contribution is -0.161. The van der Waals surface area contributed by atoms with Crippen LogP contribution in [0, 0.1) is 0 Å². The van der Waals surface area contributed by atoms with E-state index in [1.54, 1.807) is 0 Å². The van der Waals surface area contributed by atoms with Crippen molar-refractivity contribution in [2.45, 2.75) is 231 Å². The molecule has 0 amide bonds. The van der Waals surface area contributed by atoms with Gasteiger partial charge in [-0.2, -0.15) is 0 Å². The van der Waals surface area contributed by atoms with Crippen LogP contribution in [0.3, 0.4) is 0 Å². The van der Waals surface area contributed by atoms with Crippen molar-refractivity contribution in [1.82, 2.24) is 0 Å². The maximum Gasteiger partial charge on any atom is 0.472 e. The molecule has 11 nitrogen and oxygen atoms in total.